The molecule has 1 amide bonds. The first kappa shape index (κ1) is 21.4. The summed E-state index contributed by atoms with van der Waals surface area (Å²) in [5.41, 5.74) is 2.02. The monoisotopic (exact) mass is 420 g/mol. The highest BCUT2D eigenvalue weighted by Crippen LogP contribution is 2.29. The second-order valence-corrected chi connectivity index (χ2v) is 8.32. The second kappa shape index (κ2) is 10.5. The molecule has 1 aliphatic carbocycles. The summed E-state index contributed by atoms with van der Waals surface area (Å²) >= 11 is 0. The molecule has 164 valence electrons. The number of hydrogen-bond acceptors (Lipinski definition) is 4. The minimum Gasteiger partial charge on any atom is -0.493 e. The highest BCUT2D eigenvalue weighted by molar-refractivity contribution is 5.92. The van der Waals surface area contributed by atoms with Crippen LogP contribution in [0.1, 0.15) is 36.8 Å². The second-order valence-electron chi connectivity index (χ2n) is 8.32. The molecule has 0 unspecified atom stereocenters. The van der Waals surface area contributed by atoms with Crippen LogP contribution in [0.25, 0.3) is 6.08 Å². The Kier molecular flexibility index (Phi) is 7.26. The molecule has 1 heterocycles. The fourth-order valence-electron chi connectivity index (χ4n) is 4.49. The summed E-state index contributed by atoms with van der Waals surface area (Å²) < 4.78 is 11.4. The summed E-state index contributed by atoms with van der Waals surface area (Å²) in [6.07, 6.45) is 8.87. The topological polar surface area (TPSA) is 42.0 Å². The van der Waals surface area contributed by atoms with Crippen LogP contribution in [0.3, 0.4) is 0 Å². The molecule has 0 N–H and O–H groups in total. The van der Waals surface area contributed by atoms with Crippen molar-refractivity contribution in [2.45, 2.75) is 38.3 Å². The highest BCUT2D eigenvalue weighted by Gasteiger charge is 2.27. The molecule has 2 fully saturated rings. The summed E-state index contributed by atoms with van der Waals surface area (Å²) in [6.45, 7) is 4.10. The normalized spacial score (nSPS) is 17.9. The van der Waals surface area contributed by atoms with Gasteiger partial charge in [0.15, 0.2) is 11.5 Å². The van der Waals surface area contributed by atoms with Crippen LogP contribution in [0.4, 0.5) is 0 Å². The number of piperazine rings is 1. The van der Waals surface area contributed by atoms with Crippen molar-refractivity contribution in [1.29, 1.82) is 0 Å². The Morgan fingerprint density at radius 2 is 1.74 bits per heavy atom. The van der Waals surface area contributed by atoms with E-state index in [0.717, 1.165) is 43.3 Å². The van der Waals surface area contributed by atoms with Gasteiger partial charge in [-0.15, -0.1) is 0 Å². The van der Waals surface area contributed by atoms with Crippen LogP contribution in [-0.2, 0) is 11.4 Å². The van der Waals surface area contributed by atoms with E-state index in [2.05, 4.69) is 4.90 Å². The van der Waals surface area contributed by atoms with Crippen LogP contribution in [-0.4, -0.2) is 55.0 Å². The first-order chi connectivity index (χ1) is 15.2. The van der Waals surface area contributed by atoms with Crippen molar-refractivity contribution in [2.24, 2.45) is 0 Å². The van der Waals surface area contributed by atoms with Gasteiger partial charge in [0.05, 0.1) is 7.11 Å². The number of methoxy groups -OCH3 is 1. The quantitative estimate of drug-likeness (QED) is 0.624. The van der Waals surface area contributed by atoms with Crippen molar-refractivity contribution in [2.75, 3.05) is 33.3 Å². The molecule has 0 radical (unpaired) electrons. The molecule has 1 saturated heterocycles. The third-order valence-electron chi connectivity index (χ3n) is 6.31. The maximum Gasteiger partial charge on any atom is 0.246 e. The van der Waals surface area contributed by atoms with Crippen LogP contribution in [0.15, 0.2) is 54.6 Å². The first-order valence-corrected chi connectivity index (χ1v) is 11.3. The average molecular weight is 421 g/mol. The maximum absolute atomic E-state index is 12.6. The van der Waals surface area contributed by atoms with Gasteiger partial charge in [0.2, 0.25) is 5.91 Å². The van der Waals surface area contributed by atoms with E-state index < -0.39 is 0 Å². The lowest BCUT2D eigenvalue weighted by atomic mass is 10.1. The molecule has 31 heavy (non-hydrogen) atoms. The molecule has 5 nitrogen and oxygen atoms in total. The Hall–Kier alpha value is -2.79. The van der Waals surface area contributed by atoms with Gasteiger partial charge in [0.25, 0.3) is 0 Å². The van der Waals surface area contributed by atoms with Crippen molar-refractivity contribution in [3.63, 3.8) is 0 Å². The molecule has 0 spiro atoms. The van der Waals surface area contributed by atoms with Gasteiger partial charge >= 0.3 is 0 Å². The number of benzene rings is 2. The van der Waals surface area contributed by atoms with E-state index in [-0.39, 0.29) is 5.91 Å². The van der Waals surface area contributed by atoms with Crippen LogP contribution in [0, 0.1) is 0 Å². The molecular formula is C26H32N2O3. The molecule has 2 aromatic carbocycles. The third kappa shape index (κ3) is 5.67. The predicted molar refractivity (Wildman–Crippen MR) is 123 cm³/mol. The minimum atomic E-state index is 0.0782. The van der Waals surface area contributed by atoms with Crippen LogP contribution >= 0.6 is 0 Å². The molecule has 0 atom stereocenters. The molecule has 4 rings (SSSR count). The summed E-state index contributed by atoms with van der Waals surface area (Å²) in [5.74, 6) is 1.43. The van der Waals surface area contributed by atoms with E-state index in [1.807, 2.05) is 59.5 Å². The van der Waals surface area contributed by atoms with Gasteiger partial charge in [-0.25, -0.2) is 0 Å². The smallest absolute Gasteiger partial charge is 0.246 e. The first-order valence-electron chi connectivity index (χ1n) is 11.3. The molecule has 2 aromatic rings. The molecular weight excluding hydrogens is 388 g/mol. The largest absolute Gasteiger partial charge is 0.493 e. The number of ether oxygens (including phenoxy) is 2. The van der Waals surface area contributed by atoms with Gasteiger partial charge in [-0.1, -0.05) is 49.2 Å². The number of amides is 1. The highest BCUT2D eigenvalue weighted by atomic mass is 16.5. The fourth-order valence-corrected chi connectivity index (χ4v) is 4.49. The zero-order chi connectivity index (χ0) is 21.5. The average Bonchev–Trinajstić information content (AvgIpc) is 3.37. The van der Waals surface area contributed by atoms with Crippen LogP contribution < -0.4 is 9.47 Å². The van der Waals surface area contributed by atoms with Gasteiger partial charge in [-0.05, 0) is 42.2 Å². The van der Waals surface area contributed by atoms with Gasteiger partial charge in [-0.3, -0.25) is 9.69 Å². The van der Waals surface area contributed by atoms with Gasteiger partial charge in [0.1, 0.15) is 6.61 Å². The SMILES string of the molecule is COc1cc(/C=C\C(=O)N2CCN(C3CCCC3)CC2)ccc1OCc1ccccc1. The lowest BCUT2D eigenvalue weighted by molar-refractivity contribution is -0.127. The number of hydrogen-bond donors (Lipinski definition) is 0. The zero-order valence-corrected chi connectivity index (χ0v) is 18.3. The Morgan fingerprint density at radius 1 is 1.00 bits per heavy atom. The Bertz CT molecular complexity index is 883. The fraction of sp³-hybridized carbons (Fsp3) is 0.423. The molecule has 0 aromatic heterocycles. The summed E-state index contributed by atoms with van der Waals surface area (Å²) in [4.78, 5) is 17.2. The Morgan fingerprint density at radius 3 is 2.45 bits per heavy atom. The summed E-state index contributed by atoms with van der Waals surface area (Å²) in [7, 11) is 1.63. The third-order valence-corrected chi connectivity index (χ3v) is 6.31. The zero-order valence-electron chi connectivity index (χ0n) is 18.3. The summed E-state index contributed by atoms with van der Waals surface area (Å²) in [5, 5.41) is 0. The van der Waals surface area contributed by atoms with E-state index in [9.17, 15) is 4.79 Å². The number of carbonyl (C=O) groups excluding carboxylic acids is 1. The molecule has 2 aliphatic rings. The predicted octanol–water partition coefficient (Wildman–Crippen LogP) is 4.37. The Labute approximate surface area is 185 Å². The number of nitrogens with zero attached hydrogens (tertiary/aromatic N) is 2. The number of rotatable bonds is 7. The molecule has 1 aliphatic heterocycles. The van der Waals surface area contributed by atoms with E-state index in [1.165, 1.54) is 25.7 Å². The molecule has 1 saturated carbocycles. The minimum absolute atomic E-state index is 0.0782. The van der Waals surface area contributed by atoms with Gasteiger partial charge in [-0.2, -0.15) is 0 Å². The standard InChI is InChI=1S/C26H32N2O3/c1-30-25-19-21(11-13-24(25)31-20-22-7-3-2-4-8-22)12-14-26(29)28-17-15-27(16-18-28)23-9-5-6-10-23/h2-4,7-8,11-14,19,23H,5-6,9-10,15-18,20H2,1H3/b14-12-. The van der Waals surface area contributed by atoms with Crippen molar-refractivity contribution in [1.82, 2.24) is 9.80 Å². The number of carbonyl (C=O) groups is 1. The van der Waals surface area contributed by atoms with Crippen LogP contribution in [0.5, 0.6) is 11.5 Å². The van der Waals surface area contributed by atoms with Crippen molar-refractivity contribution >= 4 is 12.0 Å². The van der Waals surface area contributed by atoms with Gasteiger partial charge in [0, 0.05) is 38.3 Å². The lowest BCUT2D eigenvalue weighted by Crippen LogP contribution is -2.51. The van der Waals surface area contributed by atoms with Gasteiger partial charge < -0.3 is 14.4 Å². The van der Waals surface area contributed by atoms with E-state index in [4.69, 9.17) is 9.47 Å². The van der Waals surface area contributed by atoms with Crippen molar-refractivity contribution in [3.05, 3.63) is 65.7 Å². The Balaban J connectivity index is 1.31. The molecule has 5 heteroatoms. The summed E-state index contributed by atoms with van der Waals surface area (Å²) in [6, 6.07) is 16.5. The van der Waals surface area contributed by atoms with E-state index >= 15 is 0 Å². The van der Waals surface area contributed by atoms with E-state index in [0.29, 0.717) is 18.1 Å². The lowest BCUT2D eigenvalue weighted by Gasteiger charge is -2.37. The van der Waals surface area contributed by atoms with E-state index in [1.54, 1.807) is 13.2 Å². The maximum atomic E-state index is 12.6. The molecule has 0 bridgehead atoms. The van der Waals surface area contributed by atoms with Crippen LogP contribution in [0.2, 0.25) is 0 Å². The van der Waals surface area contributed by atoms with Crippen molar-refractivity contribution < 1.29 is 14.3 Å². The van der Waals surface area contributed by atoms with Crippen molar-refractivity contribution in [3.8, 4) is 11.5 Å².